The van der Waals surface area contributed by atoms with Gasteiger partial charge in [0.1, 0.15) is 5.75 Å². The molecule has 1 spiro atoms. The first-order chi connectivity index (χ1) is 9.31. The van der Waals surface area contributed by atoms with Crippen molar-refractivity contribution < 1.29 is 4.74 Å². The van der Waals surface area contributed by atoms with Crippen LogP contribution in [0.4, 0.5) is 0 Å². The predicted molar refractivity (Wildman–Crippen MR) is 78.6 cm³/mol. The predicted octanol–water partition coefficient (Wildman–Crippen LogP) is 3.42. The van der Waals surface area contributed by atoms with Gasteiger partial charge in [0.15, 0.2) is 0 Å². The maximum atomic E-state index is 6.11. The van der Waals surface area contributed by atoms with Crippen LogP contribution in [0, 0.1) is 5.92 Å². The number of fused-ring (bicyclic) bond motifs is 2. The number of nitrogens with two attached hydrogens (primary N) is 1. The van der Waals surface area contributed by atoms with Crippen LogP contribution in [0.15, 0.2) is 18.2 Å². The van der Waals surface area contributed by atoms with Crippen LogP contribution < -0.4 is 10.5 Å². The second-order valence-electron chi connectivity index (χ2n) is 6.17. The molecule has 0 aliphatic heterocycles. The minimum absolute atomic E-state index is 0.342. The van der Waals surface area contributed by atoms with E-state index in [1.54, 1.807) is 12.7 Å². The van der Waals surface area contributed by atoms with Gasteiger partial charge in [-0.3, -0.25) is 0 Å². The minimum Gasteiger partial charge on any atom is -0.496 e. The summed E-state index contributed by atoms with van der Waals surface area (Å²) in [5, 5.41) is 0. The Hall–Kier alpha value is -1.02. The molecule has 104 valence electrons. The molecule has 1 atom stereocenters. The Morgan fingerprint density at radius 1 is 1.26 bits per heavy atom. The van der Waals surface area contributed by atoms with E-state index in [9.17, 15) is 0 Å². The average Bonchev–Trinajstić information content (AvgIpc) is 2.48. The van der Waals surface area contributed by atoms with Gasteiger partial charge in [0.05, 0.1) is 7.11 Å². The Morgan fingerprint density at radius 3 is 2.74 bits per heavy atom. The molecule has 2 aliphatic carbocycles. The maximum Gasteiger partial charge on any atom is 0.122 e. The summed E-state index contributed by atoms with van der Waals surface area (Å²) in [5.74, 6) is 1.74. The largest absolute Gasteiger partial charge is 0.496 e. The standard InChI is InChI=1S/C17H25NO/c1-19-16-7-5-6-15-14(16)9-8-13(12-18)17(15)10-3-2-4-11-17/h5-7,13H,2-4,8-12,18H2,1H3. The lowest BCUT2D eigenvalue weighted by Crippen LogP contribution is -2.44. The molecule has 0 heterocycles. The van der Waals surface area contributed by atoms with Gasteiger partial charge in [-0.2, -0.15) is 0 Å². The molecule has 2 nitrogen and oxygen atoms in total. The van der Waals surface area contributed by atoms with E-state index in [0.717, 1.165) is 18.7 Å². The number of ether oxygens (including phenoxy) is 1. The summed E-state index contributed by atoms with van der Waals surface area (Å²) in [6.07, 6.45) is 9.08. The second kappa shape index (κ2) is 5.16. The van der Waals surface area contributed by atoms with Crippen molar-refractivity contribution in [1.29, 1.82) is 0 Å². The molecule has 0 aromatic heterocycles. The van der Waals surface area contributed by atoms with Crippen molar-refractivity contribution in [1.82, 2.24) is 0 Å². The molecule has 0 bridgehead atoms. The first-order valence-electron chi connectivity index (χ1n) is 7.68. The van der Waals surface area contributed by atoms with Crippen LogP contribution in [-0.2, 0) is 11.8 Å². The fourth-order valence-corrected chi connectivity index (χ4v) is 4.50. The third-order valence-corrected chi connectivity index (χ3v) is 5.44. The molecule has 2 heteroatoms. The first kappa shape index (κ1) is 13.0. The van der Waals surface area contributed by atoms with Crippen molar-refractivity contribution in [3.05, 3.63) is 29.3 Å². The molecule has 1 unspecified atom stereocenters. The van der Waals surface area contributed by atoms with E-state index in [0.29, 0.717) is 11.3 Å². The van der Waals surface area contributed by atoms with Crippen molar-refractivity contribution in [2.24, 2.45) is 11.7 Å². The molecule has 3 rings (SSSR count). The molecule has 1 saturated carbocycles. The van der Waals surface area contributed by atoms with Gasteiger partial charge in [-0.25, -0.2) is 0 Å². The molecule has 2 N–H and O–H groups in total. The summed E-state index contributed by atoms with van der Waals surface area (Å²) in [4.78, 5) is 0. The van der Waals surface area contributed by atoms with Crippen LogP contribution >= 0.6 is 0 Å². The highest BCUT2D eigenvalue weighted by Crippen LogP contribution is 2.51. The number of benzene rings is 1. The molecule has 0 amide bonds. The van der Waals surface area contributed by atoms with Crippen LogP contribution in [0.1, 0.15) is 49.7 Å². The molecule has 19 heavy (non-hydrogen) atoms. The lowest BCUT2D eigenvalue weighted by atomic mass is 9.57. The molecule has 1 aromatic rings. The smallest absolute Gasteiger partial charge is 0.122 e. The number of methoxy groups -OCH3 is 1. The van der Waals surface area contributed by atoms with E-state index in [-0.39, 0.29) is 0 Å². The van der Waals surface area contributed by atoms with Gasteiger partial charge in [-0.15, -0.1) is 0 Å². The van der Waals surface area contributed by atoms with E-state index in [4.69, 9.17) is 10.5 Å². The van der Waals surface area contributed by atoms with Gasteiger partial charge in [0.2, 0.25) is 0 Å². The fourth-order valence-electron chi connectivity index (χ4n) is 4.50. The van der Waals surface area contributed by atoms with Crippen LogP contribution in [0.2, 0.25) is 0 Å². The lowest BCUT2D eigenvalue weighted by Gasteiger charge is -2.48. The molecule has 0 radical (unpaired) electrons. The Balaban J connectivity index is 2.10. The SMILES string of the molecule is COc1cccc2c1CCC(CN)C21CCCCC1. The quantitative estimate of drug-likeness (QED) is 0.883. The summed E-state index contributed by atoms with van der Waals surface area (Å²) in [7, 11) is 1.79. The van der Waals surface area contributed by atoms with Gasteiger partial charge in [0.25, 0.3) is 0 Å². The topological polar surface area (TPSA) is 35.2 Å². The van der Waals surface area contributed by atoms with Gasteiger partial charge in [-0.1, -0.05) is 31.4 Å². The zero-order valence-corrected chi connectivity index (χ0v) is 12.0. The van der Waals surface area contributed by atoms with Gasteiger partial charge in [-0.05, 0) is 60.8 Å². The van der Waals surface area contributed by atoms with E-state index in [2.05, 4.69) is 18.2 Å². The molecular weight excluding hydrogens is 234 g/mol. The third-order valence-electron chi connectivity index (χ3n) is 5.44. The number of hydrogen-bond acceptors (Lipinski definition) is 2. The molecule has 0 saturated heterocycles. The Labute approximate surface area is 116 Å². The van der Waals surface area contributed by atoms with Crippen LogP contribution in [0.3, 0.4) is 0 Å². The molecule has 1 fully saturated rings. The van der Waals surface area contributed by atoms with Crippen molar-refractivity contribution >= 4 is 0 Å². The monoisotopic (exact) mass is 259 g/mol. The van der Waals surface area contributed by atoms with Crippen molar-refractivity contribution in [3.63, 3.8) is 0 Å². The number of hydrogen-bond donors (Lipinski definition) is 1. The second-order valence-corrected chi connectivity index (χ2v) is 6.17. The van der Waals surface area contributed by atoms with E-state index >= 15 is 0 Å². The Morgan fingerprint density at radius 2 is 2.05 bits per heavy atom. The summed E-state index contributed by atoms with van der Waals surface area (Å²) in [5.41, 5.74) is 9.45. The maximum absolute atomic E-state index is 6.11. The Bertz CT molecular complexity index is 449. The van der Waals surface area contributed by atoms with Gasteiger partial charge in [0, 0.05) is 0 Å². The molecule has 2 aliphatic rings. The summed E-state index contributed by atoms with van der Waals surface area (Å²) in [6.45, 7) is 0.830. The van der Waals surface area contributed by atoms with Crippen LogP contribution in [0.25, 0.3) is 0 Å². The zero-order valence-electron chi connectivity index (χ0n) is 12.0. The summed E-state index contributed by atoms with van der Waals surface area (Å²) < 4.78 is 5.58. The van der Waals surface area contributed by atoms with E-state index < -0.39 is 0 Å². The van der Waals surface area contributed by atoms with Gasteiger partial charge < -0.3 is 10.5 Å². The lowest BCUT2D eigenvalue weighted by molar-refractivity contribution is 0.170. The summed E-state index contributed by atoms with van der Waals surface area (Å²) >= 11 is 0. The highest BCUT2D eigenvalue weighted by molar-refractivity contribution is 5.47. The zero-order chi connectivity index (χ0) is 13.3. The fraction of sp³-hybridized carbons (Fsp3) is 0.647. The normalized spacial score (nSPS) is 25.1. The third kappa shape index (κ3) is 1.97. The van der Waals surface area contributed by atoms with Crippen molar-refractivity contribution in [2.75, 3.05) is 13.7 Å². The highest BCUT2D eigenvalue weighted by Gasteiger charge is 2.44. The minimum atomic E-state index is 0.342. The van der Waals surface area contributed by atoms with Crippen molar-refractivity contribution in [3.8, 4) is 5.75 Å². The highest BCUT2D eigenvalue weighted by atomic mass is 16.5. The van der Waals surface area contributed by atoms with Gasteiger partial charge >= 0.3 is 0 Å². The van der Waals surface area contributed by atoms with Crippen LogP contribution in [0.5, 0.6) is 5.75 Å². The molecular formula is C17H25NO. The molecule has 1 aromatic carbocycles. The van der Waals surface area contributed by atoms with E-state index in [1.165, 1.54) is 44.1 Å². The van der Waals surface area contributed by atoms with Crippen molar-refractivity contribution in [2.45, 2.75) is 50.4 Å². The Kier molecular flexibility index (Phi) is 3.53. The van der Waals surface area contributed by atoms with Crippen LogP contribution in [-0.4, -0.2) is 13.7 Å². The summed E-state index contributed by atoms with van der Waals surface area (Å²) in [6, 6.07) is 6.61. The van der Waals surface area contributed by atoms with E-state index in [1.807, 2.05) is 0 Å². The average molecular weight is 259 g/mol. The first-order valence-corrected chi connectivity index (χ1v) is 7.68. The number of rotatable bonds is 2.